The van der Waals surface area contributed by atoms with Crippen molar-refractivity contribution in [2.24, 2.45) is 17.6 Å². The molecule has 0 saturated carbocycles. The molecule has 1 aliphatic carbocycles. The third-order valence-corrected chi connectivity index (χ3v) is 2.98. The van der Waals surface area contributed by atoms with E-state index in [-0.39, 0.29) is 0 Å². The lowest BCUT2D eigenvalue weighted by atomic mass is 9.89. The maximum atomic E-state index is 5.81. The van der Waals surface area contributed by atoms with Crippen molar-refractivity contribution in [3.05, 3.63) is 11.8 Å². The summed E-state index contributed by atoms with van der Waals surface area (Å²) in [4.78, 5) is 0. The summed E-state index contributed by atoms with van der Waals surface area (Å²) in [5.41, 5.74) is 6.79. The summed E-state index contributed by atoms with van der Waals surface area (Å²) in [5, 5.41) is 0. The number of hydrogen-bond acceptors (Lipinski definition) is 2. The van der Waals surface area contributed by atoms with E-state index in [1.165, 1.54) is 0 Å². The zero-order chi connectivity index (χ0) is 9.14. The van der Waals surface area contributed by atoms with Gasteiger partial charge in [-0.15, -0.1) is 0 Å². The molecule has 0 aromatic carbocycles. The quantitative estimate of drug-likeness (QED) is 0.650. The highest BCUT2D eigenvalue weighted by atomic mass is 16.5. The predicted octanol–water partition coefficient (Wildman–Crippen LogP) is 1.91. The van der Waals surface area contributed by atoms with Gasteiger partial charge in [-0.25, -0.2) is 0 Å². The minimum atomic E-state index is 0.304. The maximum Gasteiger partial charge on any atom is 0.0653 e. The summed E-state index contributed by atoms with van der Waals surface area (Å²) in [6.45, 7) is 4.50. The monoisotopic (exact) mass is 169 g/mol. The van der Waals surface area contributed by atoms with Crippen LogP contribution >= 0.6 is 0 Å². The van der Waals surface area contributed by atoms with E-state index in [9.17, 15) is 0 Å². The molecular formula is C10H19NO. The van der Waals surface area contributed by atoms with Crippen LogP contribution in [-0.2, 0) is 4.74 Å². The molecule has 0 bridgehead atoms. The Bertz CT molecular complexity index is 177. The minimum absolute atomic E-state index is 0.304. The molecule has 0 radical (unpaired) electrons. The van der Waals surface area contributed by atoms with Gasteiger partial charge in [-0.3, -0.25) is 0 Å². The first-order chi connectivity index (χ1) is 5.65. The van der Waals surface area contributed by atoms with Crippen LogP contribution in [0.3, 0.4) is 0 Å². The molecular weight excluding hydrogens is 150 g/mol. The summed E-state index contributed by atoms with van der Waals surface area (Å²) in [5.74, 6) is 1.28. The van der Waals surface area contributed by atoms with Crippen LogP contribution in [0.1, 0.15) is 26.7 Å². The number of nitrogens with two attached hydrogens (primary N) is 1. The fourth-order valence-corrected chi connectivity index (χ4v) is 1.72. The first kappa shape index (κ1) is 9.59. The molecule has 1 aliphatic rings. The average Bonchev–Trinajstić information content (AvgIpc) is 2.18. The van der Waals surface area contributed by atoms with Crippen LogP contribution in [-0.4, -0.2) is 13.2 Å². The summed E-state index contributed by atoms with van der Waals surface area (Å²) in [6, 6.07) is 0. The molecule has 0 aromatic rings. The van der Waals surface area contributed by atoms with Crippen molar-refractivity contribution >= 4 is 0 Å². The smallest absolute Gasteiger partial charge is 0.0653 e. The number of rotatable bonds is 1. The maximum absolute atomic E-state index is 5.81. The van der Waals surface area contributed by atoms with Gasteiger partial charge in [0.25, 0.3) is 0 Å². The fraction of sp³-hybridized carbons (Fsp3) is 0.800. The van der Waals surface area contributed by atoms with Crippen molar-refractivity contribution in [3.63, 3.8) is 0 Å². The van der Waals surface area contributed by atoms with Crippen LogP contribution in [0.25, 0.3) is 0 Å². The Morgan fingerprint density at radius 2 is 2.17 bits per heavy atom. The molecule has 2 N–H and O–H groups in total. The summed E-state index contributed by atoms with van der Waals surface area (Å²) < 4.78 is 5.40. The van der Waals surface area contributed by atoms with E-state index in [1.54, 1.807) is 7.11 Å². The van der Waals surface area contributed by atoms with E-state index in [1.807, 2.05) is 0 Å². The number of hydrogen-bond donors (Lipinski definition) is 1. The number of ether oxygens (including phenoxy) is 1. The second kappa shape index (κ2) is 3.94. The second-order valence-electron chi connectivity index (χ2n) is 3.83. The van der Waals surface area contributed by atoms with Crippen LogP contribution in [0.2, 0.25) is 0 Å². The van der Waals surface area contributed by atoms with Gasteiger partial charge < -0.3 is 10.5 Å². The second-order valence-corrected chi connectivity index (χ2v) is 3.83. The van der Waals surface area contributed by atoms with Gasteiger partial charge in [0, 0.05) is 19.2 Å². The Morgan fingerprint density at radius 3 is 2.75 bits per heavy atom. The molecule has 3 atom stereocenters. The molecule has 3 unspecified atom stereocenters. The van der Waals surface area contributed by atoms with E-state index in [0.717, 1.165) is 18.5 Å². The molecule has 0 fully saturated rings. The van der Waals surface area contributed by atoms with Gasteiger partial charge in [0.15, 0.2) is 0 Å². The zero-order valence-corrected chi connectivity index (χ0v) is 8.21. The standard InChI is InChI=1S/C10H19NO/c1-7-4-5-9(11)6-10(12-3)8(7)2/h5,7-8,10H,4,6,11H2,1-3H3. The van der Waals surface area contributed by atoms with Crippen LogP contribution in [0.4, 0.5) is 0 Å². The van der Waals surface area contributed by atoms with Crippen molar-refractivity contribution in [3.8, 4) is 0 Å². The molecule has 1 rings (SSSR count). The lowest BCUT2D eigenvalue weighted by Gasteiger charge is -2.24. The average molecular weight is 169 g/mol. The Morgan fingerprint density at radius 1 is 1.50 bits per heavy atom. The Kier molecular flexibility index (Phi) is 3.15. The summed E-state index contributed by atoms with van der Waals surface area (Å²) in [7, 11) is 1.77. The van der Waals surface area contributed by atoms with E-state index >= 15 is 0 Å². The normalized spacial score (nSPS) is 37.2. The largest absolute Gasteiger partial charge is 0.402 e. The Balaban J connectivity index is 2.68. The Hall–Kier alpha value is -0.500. The van der Waals surface area contributed by atoms with Gasteiger partial charge in [-0.05, 0) is 18.3 Å². The van der Waals surface area contributed by atoms with Gasteiger partial charge in [-0.1, -0.05) is 19.9 Å². The van der Waals surface area contributed by atoms with Crippen molar-refractivity contribution in [1.82, 2.24) is 0 Å². The van der Waals surface area contributed by atoms with Crippen molar-refractivity contribution in [1.29, 1.82) is 0 Å². The lowest BCUT2D eigenvalue weighted by Crippen LogP contribution is -2.25. The van der Waals surface area contributed by atoms with Gasteiger partial charge in [-0.2, -0.15) is 0 Å². The minimum Gasteiger partial charge on any atom is -0.402 e. The molecule has 2 heteroatoms. The topological polar surface area (TPSA) is 35.2 Å². The molecule has 0 spiro atoms. The third kappa shape index (κ3) is 2.01. The number of methoxy groups -OCH3 is 1. The number of allylic oxidation sites excluding steroid dienone is 1. The molecule has 0 amide bonds. The molecule has 70 valence electrons. The van der Waals surface area contributed by atoms with Crippen LogP contribution in [0.15, 0.2) is 11.8 Å². The Labute approximate surface area is 74.8 Å². The van der Waals surface area contributed by atoms with E-state index in [0.29, 0.717) is 17.9 Å². The highest BCUT2D eigenvalue weighted by molar-refractivity contribution is 5.03. The predicted molar refractivity (Wildman–Crippen MR) is 50.6 cm³/mol. The van der Waals surface area contributed by atoms with Crippen LogP contribution < -0.4 is 5.73 Å². The molecule has 12 heavy (non-hydrogen) atoms. The van der Waals surface area contributed by atoms with E-state index < -0.39 is 0 Å². The summed E-state index contributed by atoms with van der Waals surface area (Å²) in [6.07, 6.45) is 4.42. The third-order valence-electron chi connectivity index (χ3n) is 2.98. The SMILES string of the molecule is COC1CC(N)=CCC(C)C1C. The molecule has 0 heterocycles. The van der Waals surface area contributed by atoms with Gasteiger partial charge in [0.1, 0.15) is 0 Å². The zero-order valence-electron chi connectivity index (χ0n) is 8.21. The van der Waals surface area contributed by atoms with Crippen LogP contribution in [0.5, 0.6) is 0 Å². The summed E-state index contributed by atoms with van der Waals surface area (Å²) >= 11 is 0. The molecule has 0 aliphatic heterocycles. The molecule has 0 saturated heterocycles. The molecule has 2 nitrogen and oxygen atoms in total. The van der Waals surface area contributed by atoms with Gasteiger partial charge in [0.05, 0.1) is 6.10 Å². The highest BCUT2D eigenvalue weighted by Gasteiger charge is 2.24. The van der Waals surface area contributed by atoms with Crippen molar-refractivity contribution in [2.75, 3.05) is 7.11 Å². The lowest BCUT2D eigenvalue weighted by molar-refractivity contribution is 0.0416. The van der Waals surface area contributed by atoms with Crippen LogP contribution in [0, 0.1) is 11.8 Å². The first-order valence-corrected chi connectivity index (χ1v) is 4.62. The van der Waals surface area contributed by atoms with Gasteiger partial charge in [0.2, 0.25) is 0 Å². The van der Waals surface area contributed by atoms with E-state index in [2.05, 4.69) is 19.9 Å². The molecule has 0 aromatic heterocycles. The first-order valence-electron chi connectivity index (χ1n) is 4.62. The van der Waals surface area contributed by atoms with E-state index in [4.69, 9.17) is 10.5 Å². The van der Waals surface area contributed by atoms with Crippen molar-refractivity contribution in [2.45, 2.75) is 32.8 Å². The van der Waals surface area contributed by atoms with Gasteiger partial charge >= 0.3 is 0 Å². The van der Waals surface area contributed by atoms with Crippen molar-refractivity contribution < 1.29 is 4.74 Å². The fourth-order valence-electron chi connectivity index (χ4n) is 1.72. The highest BCUT2D eigenvalue weighted by Crippen LogP contribution is 2.27.